The molecule has 9 heteroatoms. The third kappa shape index (κ3) is 4.47. The minimum atomic E-state index is -0.357. The van der Waals surface area contributed by atoms with Gasteiger partial charge in [-0.1, -0.05) is 48.0 Å². The summed E-state index contributed by atoms with van der Waals surface area (Å²) in [7, 11) is 0. The smallest absolute Gasteiger partial charge is 0.256 e. The van der Waals surface area contributed by atoms with Crippen LogP contribution in [0.25, 0.3) is 16.6 Å². The number of halogens is 1. The molecular weight excluding hydrogens is 464 g/mol. The van der Waals surface area contributed by atoms with Gasteiger partial charge in [-0.2, -0.15) is 10.2 Å². The monoisotopic (exact) mass is 482 g/mol. The van der Waals surface area contributed by atoms with Gasteiger partial charge in [0.15, 0.2) is 5.82 Å². The average molecular weight is 483 g/mol. The number of hydrogen-bond acceptors (Lipinski definition) is 5. The van der Waals surface area contributed by atoms with Crippen molar-refractivity contribution in [3.63, 3.8) is 0 Å². The summed E-state index contributed by atoms with van der Waals surface area (Å²) in [6, 6.07) is 24.6. The molecule has 2 aromatic heterocycles. The lowest BCUT2D eigenvalue weighted by Gasteiger charge is -2.11. The molecule has 5 rings (SSSR count). The molecule has 0 aliphatic rings. The first-order valence-electron chi connectivity index (χ1n) is 10.8. The van der Waals surface area contributed by atoms with E-state index in [1.54, 1.807) is 84.4 Å². The average Bonchev–Trinajstić information content (AvgIpc) is 3.27. The Balaban J connectivity index is 1.67. The van der Waals surface area contributed by atoms with Crippen molar-refractivity contribution in [1.29, 1.82) is 0 Å². The number of hydrogen-bond donors (Lipinski definition) is 2. The standard InChI is InChI=1S/C26H19ClN6O2/c1-16-22-21(23(31-30-16)28-25(34)17-8-4-2-5-9-17)24(29-26(35)18-10-6-3-7-11-18)33(32-22)20-14-12-19(27)13-15-20/h2-15H,1H3,(H,29,35)(H,28,31,34). The largest absolute Gasteiger partial charge is 0.306 e. The second-order valence-corrected chi connectivity index (χ2v) is 8.17. The molecular formula is C26H19ClN6O2. The molecule has 2 N–H and O–H groups in total. The molecule has 8 nitrogen and oxygen atoms in total. The van der Waals surface area contributed by atoms with E-state index in [2.05, 4.69) is 20.8 Å². The van der Waals surface area contributed by atoms with Crippen molar-refractivity contribution in [2.45, 2.75) is 6.92 Å². The first-order valence-corrected chi connectivity index (χ1v) is 11.1. The molecule has 0 bridgehead atoms. The van der Waals surface area contributed by atoms with Gasteiger partial charge in [-0.3, -0.25) is 9.59 Å². The zero-order chi connectivity index (χ0) is 24.4. The number of amides is 2. The molecule has 0 saturated heterocycles. The lowest BCUT2D eigenvalue weighted by atomic mass is 10.2. The highest BCUT2D eigenvalue weighted by Crippen LogP contribution is 2.33. The Bertz CT molecular complexity index is 1530. The number of carbonyl (C=O) groups is 2. The van der Waals surface area contributed by atoms with Crippen molar-refractivity contribution in [3.8, 4) is 5.69 Å². The zero-order valence-corrected chi connectivity index (χ0v) is 19.3. The Morgan fingerprint density at radius 1 is 0.771 bits per heavy atom. The van der Waals surface area contributed by atoms with E-state index in [9.17, 15) is 9.59 Å². The fraction of sp³-hybridized carbons (Fsp3) is 0.0385. The predicted octanol–water partition coefficient (Wildman–Crippen LogP) is 5.28. The van der Waals surface area contributed by atoms with Crippen molar-refractivity contribution in [1.82, 2.24) is 20.0 Å². The predicted molar refractivity (Wildman–Crippen MR) is 135 cm³/mol. The zero-order valence-electron chi connectivity index (χ0n) is 18.6. The van der Waals surface area contributed by atoms with Crippen LogP contribution in [0.5, 0.6) is 0 Å². The fourth-order valence-corrected chi connectivity index (χ4v) is 3.75. The van der Waals surface area contributed by atoms with E-state index >= 15 is 0 Å². The number of aromatic nitrogens is 4. The maximum absolute atomic E-state index is 13.1. The molecule has 0 aliphatic heterocycles. The Morgan fingerprint density at radius 2 is 1.34 bits per heavy atom. The minimum absolute atomic E-state index is 0.183. The first-order chi connectivity index (χ1) is 17.0. The number of benzene rings is 3. The van der Waals surface area contributed by atoms with Crippen LogP contribution in [0.15, 0.2) is 84.9 Å². The van der Waals surface area contributed by atoms with Gasteiger partial charge in [0.25, 0.3) is 11.8 Å². The molecule has 172 valence electrons. The molecule has 3 aromatic carbocycles. The van der Waals surface area contributed by atoms with E-state index in [4.69, 9.17) is 16.7 Å². The molecule has 0 saturated carbocycles. The van der Waals surface area contributed by atoms with Crippen LogP contribution in [-0.4, -0.2) is 31.8 Å². The highest BCUT2D eigenvalue weighted by Gasteiger charge is 2.23. The molecule has 2 amide bonds. The van der Waals surface area contributed by atoms with Gasteiger partial charge in [-0.25, -0.2) is 4.68 Å². The summed E-state index contributed by atoms with van der Waals surface area (Å²) in [6.45, 7) is 1.76. The maximum atomic E-state index is 13.1. The van der Waals surface area contributed by atoms with E-state index in [0.717, 1.165) is 0 Å². The summed E-state index contributed by atoms with van der Waals surface area (Å²) in [5.41, 5.74) is 2.62. The van der Waals surface area contributed by atoms with Crippen LogP contribution in [0.4, 0.5) is 11.6 Å². The molecule has 35 heavy (non-hydrogen) atoms. The van der Waals surface area contributed by atoms with Crippen LogP contribution < -0.4 is 10.6 Å². The van der Waals surface area contributed by atoms with Crippen LogP contribution >= 0.6 is 11.6 Å². The second-order valence-electron chi connectivity index (χ2n) is 7.73. The van der Waals surface area contributed by atoms with Crippen molar-refractivity contribution in [2.24, 2.45) is 0 Å². The SMILES string of the molecule is Cc1nnc(NC(=O)c2ccccc2)c2c(NC(=O)c3ccccc3)n(-c3ccc(Cl)cc3)nc12. The Labute approximate surface area is 205 Å². The van der Waals surface area contributed by atoms with Crippen LogP contribution in [0.3, 0.4) is 0 Å². The van der Waals surface area contributed by atoms with E-state index in [1.165, 1.54) is 0 Å². The highest BCUT2D eigenvalue weighted by molar-refractivity contribution is 6.30. The van der Waals surface area contributed by atoms with Crippen LogP contribution in [0.2, 0.25) is 5.02 Å². The summed E-state index contributed by atoms with van der Waals surface area (Å²) in [4.78, 5) is 26.0. The quantitative estimate of drug-likeness (QED) is 0.355. The number of rotatable bonds is 5. The molecule has 0 unspecified atom stereocenters. The van der Waals surface area contributed by atoms with Gasteiger partial charge in [0, 0.05) is 16.1 Å². The summed E-state index contributed by atoms with van der Waals surface area (Å²) >= 11 is 6.08. The lowest BCUT2D eigenvalue weighted by molar-refractivity contribution is 0.101. The number of nitrogens with zero attached hydrogens (tertiary/aromatic N) is 4. The topological polar surface area (TPSA) is 102 Å². The summed E-state index contributed by atoms with van der Waals surface area (Å²) in [5.74, 6) is -0.164. The van der Waals surface area contributed by atoms with Gasteiger partial charge < -0.3 is 10.6 Å². The number of aryl methyl sites for hydroxylation is 1. The van der Waals surface area contributed by atoms with Crippen LogP contribution in [0.1, 0.15) is 26.4 Å². The van der Waals surface area contributed by atoms with Gasteiger partial charge in [0.05, 0.1) is 16.8 Å². The third-order valence-electron chi connectivity index (χ3n) is 5.37. The highest BCUT2D eigenvalue weighted by atomic mass is 35.5. The lowest BCUT2D eigenvalue weighted by Crippen LogP contribution is -2.17. The van der Waals surface area contributed by atoms with Crippen molar-refractivity contribution < 1.29 is 9.59 Å². The third-order valence-corrected chi connectivity index (χ3v) is 5.62. The fourth-order valence-electron chi connectivity index (χ4n) is 3.63. The van der Waals surface area contributed by atoms with Crippen LogP contribution in [0, 0.1) is 6.92 Å². The number of carbonyl (C=O) groups excluding carboxylic acids is 2. The number of anilines is 2. The van der Waals surface area contributed by atoms with E-state index in [-0.39, 0.29) is 17.6 Å². The summed E-state index contributed by atoms with van der Waals surface area (Å²) in [5, 5.41) is 19.9. The molecule has 0 radical (unpaired) electrons. The number of fused-ring (bicyclic) bond motifs is 1. The normalized spacial score (nSPS) is 10.8. The van der Waals surface area contributed by atoms with E-state index in [1.807, 2.05) is 12.1 Å². The van der Waals surface area contributed by atoms with Crippen LogP contribution in [-0.2, 0) is 0 Å². The molecule has 0 aliphatic carbocycles. The van der Waals surface area contributed by atoms with E-state index in [0.29, 0.717) is 44.3 Å². The van der Waals surface area contributed by atoms with Crippen molar-refractivity contribution in [3.05, 3.63) is 107 Å². The molecule has 0 fully saturated rings. The van der Waals surface area contributed by atoms with Crippen molar-refractivity contribution >= 4 is 46.0 Å². The Hall–Kier alpha value is -4.56. The molecule has 0 atom stereocenters. The second kappa shape index (κ2) is 9.36. The Kier molecular flexibility index (Phi) is 5.95. The molecule has 2 heterocycles. The van der Waals surface area contributed by atoms with Gasteiger partial charge in [-0.15, -0.1) is 5.10 Å². The van der Waals surface area contributed by atoms with Gasteiger partial charge in [0.1, 0.15) is 11.3 Å². The van der Waals surface area contributed by atoms with Gasteiger partial charge >= 0.3 is 0 Å². The van der Waals surface area contributed by atoms with E-state index < -0.39 is 0 Å². The maximum Gasteiger partial charge on any atom is 0.256 e. The summed E-state index contributed by atoms with van der Waals surface area (Å²) in [6.07, 6.45) is 0. The molecule has 0 spiro atoms. The van der Waals surface area contributed by atoms with Gasteiger partial charge in [-0.05, 0) is 55.5 Å². The van der Waals surface area contributed by atoms with Gasteiger partial charge in [0.2, 0.25) is 0 Å². The Morgan fingerprint density at radius 3 is 1.94 bits per heavy atom. The first kappa shape index (κ1) is 22.2. The number of nitrogens with one attached hydrogen (secondary N) is 2. The minimum Gasteiger partial charge on any atom is -0.306 e. The summed E-state index contributed by atoms with van der Waals surface area (Å²) < 4.78 is 1.58. The van der Waals surface area contributed by atoms with Crippen molar-refractivity contribution in [2.75, 3.05) is 10.6 Å². The molecule has 5 aromatic rings.